The SMILES string of the molecule is COC(=O)c1c(NC(=O)c2c(C)c(-c3ccccc3)nc3ccccc23)sc2c1CCC(C(C)(C)C)C2. The van der Waals surface area contributed by atoms with Gasteiger partial charge in [0, 0.05) is 15.8 Å². The molecule has 1 atom stereocenters. The molecule has 1 aliphatic rings. The van der Waals surface area contributed by atoms with Crippen LogP contribution in [0.25, 0.3) is 22.2 Å². The van der Waals surface area contributed by atoms with Crippen molar-refractivity contribution in [2.24, 2.45) is 11.3 Å². The van der Waals surface area contributed by atoms with Crippen molar-refractivity contribution < 1.29 is 14.3 Å². The van der Waals surface area contributed by atoms with E-state index in [-0.39, 0.29) is 11.3 Å². The molecule has 37 heavy (non-hydrogen) atoms. The number of anilines is 1. The van der Waals surface area contributed by atoms with Gasteiger partial charge in [-0.2, -0.15) is 0 Å². The number of ether oxygens (including phenoxy) is 1. The second kappa shape index (κ2) is 9.75. The molecule has 0 radical (unpaired) electrons. The first-order chi connectivity index (χ1) is 17.7. The van der Waals surface area contributed by atoms with Crippen LogP contribution in [0.1, 0.15) is 63.9 Å². The highest BCUT2D eigenvalue weighted by molar-refractivity contribution is 7.17. The number of methoxy groups -OCH3 is 1. The van der Waals surface area contributed by atoms with Gasteiger partial charge in [0.1, 0.15) is 5.00 Å². The summed E-state index contributed by atoms with van der Waals surface area (Å²) < 4.78 is 5.16. The molecule has 0 bridgehead atoms. The van der Waals surface area contributed by atoms with Crippen molar-refractivity contribution in [1.82, 2.24) is 4.98 Å². The van der Waals surface area contributed by atoms with Crippen molar-refractivity contribution in [2.45, 2.75) is 47.0 Å². The van der Waals surface area contributed by atoms with Gasteiger partial charge in [-0.1, -0.05) is 69.3 Å². The highest BCUT2D eigenvalue weighted by Gasteiger charge is 2.34. The van der Waals surface area contributed by atoms with Crippen LogP contribution in [0.4, 0.5) is 5.00 Å². The molecule has 5 rings (SSSR count). The molecule has 0 saturated carbocycles. The van der Waals surface area contributed by atoms with E-state index < -0.39 is 5.97 Å². The number of nitrogens with one attached hydrogen (secondary N) is 1. The molecule has 2 aromatic carbocycles. The first-order valence-corrected chi connectivity index (χ1v) is 13.5. The van der Waals surface area contributed by atoms with Crippen LogP contribution in [0.3, 0.4) is 0 Å². The van der Waals surface area contributed by atoms with E-state index in [1.807, 2.05) is 61.5 Å². The van der Waals surface area contributed by atoms with E-state index in [9.17, 15) is 9.59 Å². The number of rotatable bonds is 4. The van der Waals surface area contributed by atoms with Crippen molar-refractivity contribution in [3.63, 3.8) is 0 Å². The Labute approximate surface area is 221 Å². The first kappa shape index (κ1) is 25.2. The van der Waals surface area contributed by atoms with Gasteiger partial charge < -0.3 is 10.1 Å². The Morgan fingerprint density at radius 1 is 1.03 bits per heavy atom. The highest BCUT2D eigenvalue weighted by Crippen LogP contribution is 2.45. The summed E-state index contributed by atoms with van der Waals surface area (Å²) in [6.07, 6.45) is 2.72. The zero-order valence-electron chi connectivity index (χ0n) is 22.0. The Balaban J connectivity index is 1.60. The van der Waals surface area contributed by atoms with Gasteiger partial charge in [-0.15, -0.1) is 11.3 Å². The lowest BCUT2D eigenvalue weighted by Gasteiger charge is -2.33. The third-order valence-corrected chi connectivity index (χ3v) is 8.69. The molecule has 1 N–H and O–H groups in total. The summed E-state index contributed by atoms with van der Waals surface area (Å²) in [6.45, 7) is 8.73. The summed E-state index contributed by atoms with van der Waals surface area (Å²) >= 11 is 1.51. The minimum absolute atomic E-state index is 0.178. The zero-order chi connectivity index (χ0) is 26.3. The van der Waals surface area contributed by atoms with Crippen LogP contribution in [0.5, 0.6) is 0 Å². The third-order valence-electron chi connectivity index (χ3n) is 7.52. The fourth-order valence-electron chi connectivity index (χ4n) is 5.37. The van der Waals surface area contributed by atoms with Gasteiger partial charge >= 0.3 is 5.97 Å². The molecule has 0 saturated heterocycles. The lowest BCUT2D eigenvalue weighted by Crippen LogP contribution is -2.26. The highest BCUT2D eigenvalue weighted by atomic mass is 32.1. The van der Waals surface area contributed by atoms with E-state index in [2.05, 4.69) is 26.1 Å². The maximum Gasteiger partial charge on any atom is 0.341 e. The molecule has 0 aliphatic heterocycles. The number of thiophene rings is 1. The number of hydrogen-bond acceptors (Lipinski definition) is 5. The first-order valence-electron chi connectivity index (χ1n) is 12.7. The number of benzene rings is 2. The smallest absolute Gasteiger partial charge is 0.341 e. The van der Waals surface area contributed by atoms with Gasteiger partial charge in [-0.25, -0.2) is 9.78 Å². The molecule has 1 amide bonds. The molecule has 1 aliphatic carbocycles. The standard InChI is InChI=1S/C31H32N2O3S/c1-18-25(21-13-9-10-14-23(21)32-27(18)19-11-7-6-8-12-19)28(34)33-29-26(30(35)36-5)22-16-15-20(31(2,3)4)17-24(22)37-29/h6-14,20H,15-17H2,1-5H3,(H,33,34). The minimum atomic E-state index is -0.400. The van der Waals surface area contributed by atoms with Gasteiger partial charge in [-0.3, -0.25) is 4.79 Å². The van der Waals surface area contributed by atoms with Crippen LogP contribution in [0.15, 0.2) is 54.6 Å². The van der Waals surface area contributed by atoms with Crippen LogP contribution in [-0.2, 0) is 17.6 Å². The number of para-hydroxylation sites is 1. The van der Waals surface area contributed by atoms with Crippen LogP contribution in [-0.4, -0.2) is 24.0 Å². The van der Waals surface area contributed by atoms with E-state index in [1.165, 1.54) is 23.3 Å². The molecular formula is C31H32N2O3S. The molecule has 1 unspecified atom stereocenters. The summed E-state index contributed by atoms with van der Waals surface area (Å²) in [5.41, 5.74) is 5.55. The predicted molar refractivity (Wildman–Crippen MR) is 150 cm³/mol. The average molecular weight is 513 g/mol. The summed E-state index contributed by atoms with van der Waals surface area (Å²) in [4.78, 5) is 32.9. The average Bonchev–Trinajstić information content (AvgIpc) is 3.24. The Morgan fingerprint density at radius 3 is 2.43 bits per heavy atom. The topological polar surface area (TPSA) is 68.3 Å². The summed E-state index contributed by atoms with van der Waals surface area (Å²) in [6, 6.07) is 17.6. The number of nitrogens with zero attached hydrogens (tertiary/aromatic N) is 1. The normalized spacial score (nSPS) is 15.3. The Hall–Kier alpha value is -3.51. The Bertz CT molecular complexity index is 1500. The van der Waals surface area contributed by atoms with Crippen molar-refractivity contribution in [2.75, 3.05) is 12.4 Å². The van der Waals surface area contributed by atoms with Crippen LogP contribution >= 0.6 is 11.3 Å². The number of carbonyl (C=O) groups excluding carboxylic acids is 2. The van der Waals surface area contributed by atoms with Gasteiger partial charge in [-0.05, 0) is 54.7 Å². The minimum Gasteiger partial charge on any atom is -0.465 e. The van der Waals surface area contributed by atoms with E-state index in [4.69, 9.17) is 9.72 Å². The third kappa shape index (κ3) is 4.66. The maximum absolute atomic E-state index is 13.9. The van der Waals surface area contributed by atoms with Gasteiger partial charge in [0.25, 0.3) is 5.91 Å². The molecule has 4 aromatic rings. The van der Waals surface area contributed by atoms with Crippen LogP contribution in [0.2, 0.25) is 0 Å². The van der Waals surface area contributed by atoms with E-state index in [0.717, 1.165) is 52.5 Å². The number of amides is 1. The molecule has 2 aromatic heterocycles. The monoisotopic (exact) mass is 512 g/mol. The number of esters is 1. The van der Waals surface area contributed by atoms with E-state index in [1.54, 1.807) is 0 Å². The second-order valence-electron chi connectivity index (χ2n) is 10.8. The van der Waals surface area contributed by atoms with Gasteiger partial charge in [0.15, 0.2) is 0 Å². The number of hydrogen-bond donors (Lipinski definition) is 1. The molecule has 6 heteroatoms. The fourth-order valence-corrected chi connectivity index (χ4v) is 6.68. The quantitative estimate of drug-likeness (QED) is 0.288. The van der Waals surface area contributed by atoms with Crippen molar-refractivity contribution in [1.29, 1.82) is 0 Å². The van der Waals surface area contributed by atoms with Gasteiger partial charge in [0.2, 0.25) is 0 Å². The van der Waals surface area contributed by atoms with Gasteiger partial charge in [0.05, 0.1) is 29.4 Å². The molecule has 0 spiro atoms. The largest absolute Gasteiger partial charge is 0.465 e. The summed E-state index contributed by atoms with van der Waals surface area (Å²) in [7, 11) is 1.39. The number of pyridine rings is 1. The van der Waals surface area contributed by atoms with Crippen molar-refractivity contribution >= 4 is 39.1 Å². The lowest BCUT2D eigenvalue weighted by atomic mass is 9.72. The molecule has 190 valence electrons. The molecule has 5 nitrogen and oxygen atoms in total. The Morgan fingerprint density at radius 2 is 1.73 bits per heavy atom. The molecular weight excluding hydrogens is 480 g/mol. The maximum atomic E-state index is 13.9. The van der Waals surface area contributed by atoms with E-state index in [0.29, 0.717) is 22.0 Å². The van der Waals surface area contributed by atoms with Crippen LogP contribution in [0, 0.1) is 18.3 Å². The summed E-state index contributed by atoms with van der Waals surface area (Å²) in [5, 5.41) is 4.47. The molecule has 2 heterocycles. The number of aromatic nitrogens is 1. The Kier molecular flexibility index (Phi) is 6.63. The second-order valence-corrected chi connectivity index (χ2v) is 11.9. The summed E-state index contributed by atoms with van der Waals surface area (Å²) in [5.74, 6) is -0.125. The lowest BCUT2D eigenvalue weighted by molar-refractivity contribution is 0.0600. The number of carbonyl (C=O) groups is 2. The predicted octanol–water partition coefficient (Wildman–Crippen LogP) is 7.46. The van der Waals surface area contributed by atoms with Crippen molar-refractivity contribution in [3.8, 4) is 11.3 Å². The number of fused-ring (bicyclic) bond motifs is 2. The van der Waals surface area contributed by atoms with Crippen LogP contribution < -0.4 is 5.32 Å². The zero-order valence-corrected chi connectivity index (χ0v) is 22.8. The molecule has 0 fully saturated rings. The van der Waals surface area contributed by atoms with E-state index >= 15 is 0 Å². The fraction of sp³-hybridized carbons (Fsp3) is 0.323. The van der Waals surface area contributed by atoms with Crippen molar-refractivity contribution in [3.05, 3.63) is 81.7 Å².